The molecule has 0 fully saturated rings. The van der Waals surface area contributed by atoms with Gasteiger partial charge in [0.15, 0.2) is 11.3 Å². The van der Waals surface area contributed by atoms with Crippen molar-refractivity contribution in [1.29, 1.82) is 0 Å². The van der Waals surface area contributed by atoms with Gasteiger partial charge >= 0.3 is 0 Å². The number of halogens is 1. The number of primary amides is 1. The van der Waals surface area contributed by atoms with Crippen LogP contribution in [0.1, 0.15) is 20.7 Å². The second-order valence-corrected chi connectivity index (χ2v) is 6.19. The van der Waals surface area contributed by atoms with E-state index in [1.54, 1.807) is 42.5 Å². The van der Waals surface area contributed by atoms with Gasteiger partial charge in [-0.25, -0.2) is 5.43 Å². The summed E-state index contributed by atoms with van der Waals surface area (Å²) in [6, 6.07) is 13.5. The monoisotopic (exact) mass is 415 g/mol. The van der Waals surface area contributed by atoms with Crippen LogP contribution in [0.5, 0.6) is 5.75 Å². The SMILES string of the molecule is COc1cccc2cc(C(N)=O)/c(=N/NC(=O)c3cccc(Br)c3)oc12. The highest BCUT2D eigenvalue weighted by molar-refractivity contribution is 9.10. The minimum absolute atomic E-state index is 0.0419. The fraction of sp³-hybridized carbons (Fsp3) is 0.0556. The Labute approximate surface area is 156 Å². The van der Waals surface area contributed by atoms with E-state index >= 15 is 0 Å². The molecule has 1 aromatic heterocycles. The second-order valence-electron chi connectivity index (χ2n) is 5.27. The Morgan fingerprint density at radius 1 is 1.19 bits per heavy atom. The molecular formula is C18H14BrN3O4. The molecule has 3 N–H and O–H groups in total. The fourth-order valence-corrected chi connectivity index (χ4v) is 2.74. The van der Waals surface area contributed by atoms with Crippen LogP contribution in [0.2, 0.25) is 0 Å². The lowest BCUT2D eigenvalue weighted by atomic mass is 10.1. The number of amides is 2. The number of nitrogens with one attached hydrogen (secondary N) is 1. The lowest BCUT2D eigenvalue weighted by Crippen LogP contribution is -2.27. The van der Waals surface area contributed by atoms with Gasteiger partial charge in [0.2, 0.25) is 5.55 Å². The standard InChI is InChI=1S/C18H14BrN3O4/c1-25-14-7-3-4-10-9-13(16(20)23)18(26-15(10)14)22-21-17(24)11-5-2-6-12(19)8-11/h2-9H,1H3,(H2,20,23)(H,21,24)/b22-18-. The Hall–Kier alpha value is -3.13. The van der Waals surface area contributed by atoms with Gasteiger partial charge in [0.1, 0.15) is 5.56 Å². The van der Waals surface area contributed by atoms with Crippen molar-refractivity contribution in [3.05, 3.63) is 69.7 Å². The summed E-state index contributed by atoms with van der Waals surface area (Å²) in [7, 11) is 1.50. The summed E-state index contributed by atoms with van der Waals surface area (Å²) >= 11 is 3.30. The maximum Gasteiger partial charge on any atom is 0.271 e. The van der Waals surface area contributed by atoms with Crippen LogP contribution in [-0.2, 0) is 0 Å². The first kappa shape index (κ1) is 17.7. The van der Waals surface area contributed by atoms with Gasteiger partial charge in [-0.2, -0.15) is 0 Å². The molecule has 0 saturated heterocycles. The van der Waals surface area contributed by atoms with E-state index < -0.39 is 11.8 Å². The molecule has 0 unspecified atom stereocenters. The van der Waals surface area contributed by atoms with Crippen molar-refractivity contribution in [2.75, 3.05) is 7.11 Å². The fourth-order valence-electron chi connectivity index (χ4n) is 2.34. The molecule has 2 aromatic carbocycles. The zero-order valence-corrected chi connectivity index (χ0v) is 15.2. The van der Waals surface area contributed by atoms with Crippen LogP contribution in [0.4, 0.5) is 0 Å². The molecule has 3 aromatic rings. The number of nitrogens with zero attached hydrogens (tertiary/aromatic N) is 1. The normalized spacial score (nSPS) is 11.4. The minimum Gasteiger partial charge on any atom is -0.493 e. The molecule has 7 nitrogen and oxygen atoms in total. The first-order chi connectivity index (χ1) is 12.5. The number of fused-ring (bicyclic) bond motifs is 1. The number of methoxy groups -OCH3 is 1. The first-order valence-corrected chi connectivity index (χ1v) is 8.29. The third kappa shape index (κ3) is 3.60. The van der Waals surface area contributed by atoms with Crippen LogP contribution >= 0.6 is 15.9 Å². The number of para-hydroxylation sites is 1. The topological polar surface area (TPSA) is 107 Å². The summed E-state index contributed by atoms with van der Waals surface area (Å²) < 4.78 is 11.7. The highest BCUT2D eigenvalue weighted by Gasteiger charge is 2.13. The van der Waals surface area contributed by atoms with Gasteiger partial charge in [0.25, 0.3) is 11.8 Å². The number of hydrogen-bond donors (Lipinski definition) is 2. The van der Waals surface area contributed by atoms with Gasteiger partial charge < -0.3 is 14.9 Å². The molecule has 0 radical (unpaired) electrons. The van der Waals surface area contributed by atoms with Crippen LogP contribution in [0.3, 0.4) is 0 Å². The molecule has 0 aliphatic heterocycles. The van der Waals surface area contributed by atoms with E-state index in [0.717, 1.165) is 4.47 Å². The van der Waals surface area contributed by atoms with Crippen LogP contribution < -0.4 is 21.5 Å². The number of benzene rings is 2. The number of ether oxygens (including phenoxy) is 1. The van der Waals surface area contributed by atoms with E-state index in [-0.39, 0.29) is 11.1 Å². The average molecular weight is 416 g/mol. The number of nitrogens with two attached hydrogens (primary N) is 1. The van der Waals surface area contributed by atoms with Gasteiger partial charge in [-0.1, -0.05) is 34.1 Å². The summed E-state index contributed by atoms with van der Waals surface area (Å²) in [4.78, 5) is 24.0. The highest BCUT2D eigenvalue weighted by Crippen LogP contribution is 2.24. The van der Waals surface area contributed by atoms with Gasteiger partial charge in [-0.15, -0.1) is 5.10 Å². The third-order valence-electron chi connectivity index (χ3n) is 3.57. The number of carbonyl (C=O) groups is 2. The van der Waals surface area contributed by atoms with Gasteiger partial charge in [-0.3, -0.25) is 9.59 Å². The zero-order chi connectivity index (χ0) is 18.7. The first-order valence-electron chi connectivity index (χ1n) is 7.50. The third-order valence-corrected chi connectivity index (χ3v) is 4.06. The van der Waals surface area contributed by atoms with Crippen molar-refractivity contribution in [2.24, 2.45) is 10.8 Å². The van der Waals surface area contributed by atoms with Crippen LogP contribution in [0.15, 0.2) is 62.5 Å². The molecule has 132 valence electrons. The maximum absolute atomic E-state index is 12.2. The highest BCUT2D eigenvalue weighted by atomic mass is 79.9. The lowest BCUT2D eigenvalue weighted by Gasteiger charge is -2.06. The quantitative estimate of drug-likeness (QED) is 0.638. The van der Waals surface area contributed by atoms with Crippen molar-refractivity contribution >= 4 is 38.7 Å². The molecular weight excluding hydrogens is 402 g/mol. The van der Waals surface area contributed by atoms with E-state index in [1.807, 2.05) is 0 Å². The van der Waals surface area contributed by atoms with Crippen LogP contribution in [0, 0.1) is 0 Å². The Morgan fingerprint density at radius 3 is 2.65 bits per heavy atom. The summed E-state index contributed by atoms with van der Waals surface area (Å²) in [6.07, 6.45) is 0. The van der Waals surface area contributed by atoms with Gasteiger partial charge in [0, 0.05) is 15.4 Å². The predicted molar refractivity (Wildman–Crippen MR) is 98.5 cm³/mol. The molecule has 26 heavy (non-hydrogen) atoms. The summed E-state index contributed by atoms with van der Waals surface area (Å²) in [5, 5.41) is 4.54. The van der Waals surface area contributed by atoms with E-state index in [0.29, 0.717) is 22.3 Å². The summed E-state index contributed by atoms with van der Waals surface area (Å²) in [5.74, 6) is -0.723. The Balaban J connectivity index is 2.07. The summed E-state index contributed by atoms with van der Waals surface area (Å²) in [5.41, 5.74) is 8.47. The van der Waals surface area contributed by atoms with E-state index in [1.165, 1.54) is 13.2 Å². The zero-order valence-electron chi connectivity index (χ0n) is 13.7. The van der Waals surface area contributed by atoms with E-state index in [4.69, 9.17) is 14.9 Å². The van der Waals surface area contributed by atoms with E-state index in [9.17, 15) is 9.59 Å². The predicted octanol–water partition coefficient (Wildman–Crippen LogP) is 2.55. The van der Waals surface area contributed by atoms with Crippen molar-refractivity contribution in [3.8, 4) is 5.75 Å². The van der Waals surface area contributed by atoms with Crippen molar-refractivity contribution in [1.82, 2.24) is 5.43 Å². The molecule has 8 heteroatoms. The van der Waals surface area contributed by atoms with Crippen LogP contribution in [0.25, 0.3) is 11.0 Å². The van der Waals surface area contributed by atoms with Gasteiger partial charge in [0.05, 0.1) is 7.11 Å². The van der Waals surface area contributed by atoms with Crippen molar-refractivity contribution < 1.29 is 18.7 Å². The molecule has 0 aliphatic rings. The molecule has 0 spiro atoms. The van der Waals surface area contributed by atoms with E-state index in [2.05, 4.69) is 26.5 Å². The molecule has 1 heterocycles. The molecule has 2 amide bonds. The Bertz CT molecular complexity index is 1080. The minimum atomic E-state index is -0.728. The summed E-state index contributed by atoms with van der Waals surface area (Å²) in [6.45, 7) is 0. The molecule has 3 rings (SSSR count). The lowest BCUT2D eigenvalue weighted by molar-refractivity contribution is 0.0946. The Morgan fingerprint density at radius 2 is 1.96 bits per heavy atom. The Kier molecular flexibility index (Phi) is 5.04. The van der Waals surface area contributed by atoms with Gasteiger partial charge in [-0.05, 0) is 30.3 Å². The molecule has 0 bridgehead atoms. The largest absolute Gasteiger partial charge is 0.493 e. The van der Waals surface area contributed by atoms with Crippen molar-refractivity contribution in [3.63, 3.8) is 0 Å². The smallest absolute Gasteiger partial charge is 0.271 e. The maximum atomic E-state index is 12.2. The average Bonchev–Trinajstić information content (AvgIpc) is 2.64. The second kappa shape index (κ2) is 7.40. The number of carbonyl (C=O) groups excluding carboxylic acids is 2. The van der Waals surface area contributed by atoms with Crippen LogP contribution in [-0.4, -0.2) is 18.9 Å². The molecule has 0 aliphatic carbocycles. The number of rotatable bonds is 4. The molecule has 0 saturated carbocycles. The number of hydrogen-bond acceptors (Lipinski definition) is 5. The molecule has 0 atom stereocenters. The van der Waals surface area contributed by atoms with Crippen molar-refractivity contribution in [2.45, 2.75) is 0 Å².